The zero-order valence-electron chi connectivity index (χ0n) is 18.5. The van der Waals surface area contributed by atoms with Crippen LogP contribution < -0.4 is 14.8 Å². The van der Waals surface area contributed by atoms with E-state index < -0.39 is 5.97 Å². The molecule has 0 fully saturated rings. The van der Waals surface area contributed by atoms with E-state index in [0.29, 0.717) is 17.0 Å². The Bertz CT molecular complexity index is 1340. The number of anilines is 1. The van der Waals surface area contributed by atoms with Gasteiger partial charge in [0.05, 0.1) is 30.3 Å². The summed E-state index contributed by atoms with van der Waals surface area (Å²) < 4.78 is 11.5. The lowest BCUT2D eigenvalue weighted by molar-refractivity contribution is 0.0697. The number of amides is 1. The average molecular weight is 462 g/mol. The number of aromatic carboxylic acids is 1. The molecule has 3 aromatic carbocycles. The highest BCUT2D eigenvalue weighted by atomic mass is 32.1. The average Bonchev–Trinajstić information content (AvgIpc) is 3.18. The second kappa shape index (κ2) is 9.34. The summed E-state index contributed by atoms with van der Waals surface area (Å²) in [6.07, 6.45) is 0.588. The largest absolute Gasteiger partial charge is 0.493 e. The van der Waals surface area contributed by atoms with Crippen LogP contribution in [0.3, 0.4) is 0 Å². The van der Waals surface area contributed by atoms with Gasteiger partial charge in [0.15, 0.2) is 11.5 Å². The van der Waals surface area contributed by atoms with Gasteiger partial charge in [-0.2, -0.15) is 0 Å². The van der Waals surface area contributed by atoms with Crippen molar-refractivity contribution in [3.05, 3.63) is 87.8 Å². The molecule has 168 valence electrons. The van der Waals surface area contributed by atoms with Gasteiger partial charge in [-0.15, -0.1) is 11.3 Å². The first kappa shape index (κ1) is 22.4. The summed E-state index contributed by atoms with van der Waals surface area (Å²) in [6, 6.07) is 18.9. The molecule has 0 atom stereocenters. The lowest BCUT2D eigenvalue weighted by Crippen LogP contribution is -2.15. The Morgan fingerprint density at radius 1 is 0.970 bits per heavy atom. The van der Waals surface area contributed by atoms with Crippen LogP contribution in [0, 0.1) is 6.92 Å². The van der Waals surface area contributed by atoms with E-state index in [1.54, 1.807) is 0 Å². The minimum atomic E-state index is -1.18. The van der Waals surface area contributed by atoms with Crippen LogP contribution in [0.2, 0.25) is 0 Å². The Balaban J connectivity index is 1.76. The molecule has 1 aromatic heterocycles. The Morgan fingerprint density at radius 2 is 1.64 bits per heavy atom. The van der Waals surface area contributed by atoms with Gasteiger partial charge in [0, 0.05) is 16.8 Å². The normalized spacial score (nSPS) is 10.8. The maximum absolute atomic E-state index is 13.4. The quantitative estimate of drug-likeness (QED) is 0.365. The smallest absolute Gasteiger partial charge is 0.337 e. The number of thiophene rings is 1. The predicted molar refractivity (Wildman–Crippen MR) is 130 cm³/mol. The van der Waals surface area contributed by atoms with Gasteiger partial charge >= 0.3 is 5.97 Å². The summed E-state index contributed by atoms with van der Waals surface area (Å²) in [7, 11) is 2.88. The number of carboxylic acid groups (broad SMARTS) is 1. The molecule has 2 N–H and O–H groups in total. The molecular formula is C26H23NO5S. The van der Waals surface area contributed by atoms with Crippen molar-refractivity contribution < 1.29 is 24.2 Å². The highest BCUT2D eigenvalue weighted by Gasteiger charge is 2.22. The summed E-state index contributed by atoms with van der Waals surface area (Å²) in [5.41, 5.74) is 3.23. The molecule has 1 amide bonds. The number of hydrogen-bond acceptors (Lipinski definition) is 5. The molecule has 6 nitrogen and oxygen atoms in total. The first-order valence-corrected chi connectivity index (χ1v) is 11.1. The van der Waals surface area contributed by atoms with Gasteiger partial charge in [0.25, 0.3) is 5.91 Å². The summed E-state index contributed by atoms with van der Waals surface area (Å²) >= 11 is 1.39. The van der Waals surface area contributed by atoms with Crippen molar-refractivity contribution in [2.24, 2.45) is 0 Å². The fourth-order valence-corrected chi connectivity index (χ4v) is 4.82. The first-order chi connectivity index (χ1) is 15.9. The molecule has 33 heavy (non-hydrogen) atoms. The number of carboxylic acids is 1. The van der Waals surface area contributed by atoms with Crippen LogP contribution in [0.4, 0.5) is 5.69 Å². The number of carbonyl (C=O) groups is 2. The number of nitrogens with one attached hydrogen (secondary N) is 1. The van der Waals surface area contributed by atoms with Crippen molar-refractivity contribution >= 4 is 39.0 Å². The predicted octanol–water partition coefficient (Wildman–Crippen LogP) is 5.77. The van der Waals surface area contributed by atoms with E-state index in [2.05, 4.69) is 17.4 Å². The zero-order chi connectivity index (χ0) is 23.5. The standard InChI is InChI=1S/C26H23NO5S/c1-15-8-10-16(11-9-15)12-18-17-6-4-5-7-23(17)33-24(18)25(28)27-20-14-22(32-3)21(31-2)13-19(20)26(29)30/h4-11,13-14H,12H2,1-3H3,(H,27,28)(H,29,30). The first-order valence-electron chi connectivity index (χ1n) is 10.3. The summed E-state index contributed by atoms with van der Waals surface area (Å²) in [6.45, 7) is 2.03. The zero-order valence-corrected chi connectivity index (χ0v) is 19.3. The van der Waals surface area contributed by atoms with E-state index in [1.165, 1.54) is 43.3 Å². The summed E-state index contributed by atoms with van der Waals surface area (Å²) in [4.78, 5) is 25.8. The third-order valence-electron chi connectivity index (χ3n) is 5.41. The Morgan fingerprint density at radius 3 is 2.30 bits per heavy atom. The molecule has 4 aromatic rings. The summed E-state index contributed by atoms with van der Waals surface area (Å²) in [5, 5.41) is 13.5. The van der Waals surface area contributed by atoms with Gasteiger partial charge < -0.3 is 19.9 Å². The number of ether oxygens (including phenoxy) is 2. The van der Waals surface area contributed by atoms with E-state index in [9.17, 15) is 14.7 Å². The topological polar surface area (TPSA) is 84.9 Å². The van der Waals surface area contributed by atoms with Crippen molar-refractivity contribution in [1.82, 2.24) is 0 Å². The second-order valence-corrected chi connectivity index (χ2v) is 8.63. The van der Waals surface area contributed by atoms with Gasteiger partial charge in [-0.1, -0.05) is 48.0 Å². The van der Waals surface area contributed by atoms with Gasteiger partial charge in [0.2, 0.25) is 0 Å². The van der Waals surface area contributed by atoms with Crippen LogP contribution in [0.25, 0.3) is 10.1 Å². The molecule has 0 aliphatic rings. The molecule has 1 heterocycles. The highest BCUT2D eigenvalue weighted by Crippen LogP contribution is 2.36. The molecule has 0 unspecified atom stereocenters. The van der Waals surface area contributed by atoms with E-state index in [-0.39, 0.29) is 22.9 Å². The van der Waals surface area contributed by atoms with Crippen molar-refractivity contribution in [2.75, 3.05) is 19.5 Å². The Hall–Kier alpha value is -3.84. The van der Waals surface area contributed by atoms with E-state index in [1.807, 2.05) is 43.3 Å². The minimum Gasteiger partial charge on any atom is -0.493 e. The van der Waals surface area contributed by atoms with Gasteiger partial charge in [0.1, 0.15) is 0 Å². The Kier molecular flexibility index (Phi) is 6.33. The van der Waals surface area contributed by atoms with Crippen molar-refractivity contribution in [2.45, 2.75) is 13.3 Å². The van der Waals surface area contributed by atoms with Crippen LogP contribution >= 0.6 is 11.3 Å². The molecule has 0 bridgehead atoms. The molecule has 0 saturated carbocycles. The molecule has 0 saturated heterocycles. The highest BCUT2D eigenvalue weighted by molar-refractivity contribution is 7.21. The lowest BCUT2D eigenvalue weighted by atomic mass is 10.0. The van der Waals surface area contributed by atoms with Crippen molar-refractivity contribution in [1.29, 1.82) is 0 Å². The van der Waals surface area contributed by atoms with Crippen LogP contribution in [-0.4, -0.2) is 31.2 Å². The van der Waals surface area contributed by atoms with Gasteiger partial charge in [-0.05, 0) is 35.9 Å². The van der Waals surface area contributed by atoms with E-state index in [0.717, 1.165) is 21.2 Å². The number of hydrogen-bond donors (Lipinski definition) is 2. The lowest BCUT2D eigenvalue weighted by Gasteiger charge is -2.14. The van der Waals surface area contributed by atoms with Crippen LogP contribution in [0.5, 0.6) is 11.5 Å². The van der Waals surface area contributed by atoms with Crippen LogP contribution in [-0.2, 0) is 6.42 Å². The SMILES string of the molecule is COc1cc(NC(=O)c2sc3ccccc3c2Cc2ccc(C)cc2)c(C(=O)O)cc1OC. The fourth-order valence-electron chi connectivity index (χ4n) is 3.71. The number of fused-ring (bicyclic) bond motifs is 1. The maximum Gasteiger partial charge on any atom is 0.337 e. The van der Waals surface area contributed by atoms with Gasteiger partial charge in [-0.25, -0.2) is 4.79 Å². The molecular weight excluding hydrogens is 438 g/mol. The molecule has 0 spiro atoms. The minimum absolute atomic E-state index is 0.0813. The van der Waals surface area contributed by atoms with E-state index >= 15 is 0 Å². The number of aryl methyl sites for hydroxylation is 1. The number of methoxy groups -OCH3 is 2. The van der Waals surface area contributed by atoms with Crippen LogP contribution in [0.15, 0.2) is 60.7 Å². The van der Waals surface area contributed by atoms with Crippen LogP contribution in [0.1, 0.15) is 36.7 Å². The summed E-state index contributed by atoms with van der Waals surface area (Å²) in [5.74, 6) is -0.945. The van der Waals surface area contributed by atoms with Crippen molar-refractivity contribution in [3.8, 4) is 11.5 Å². The molecule has 0 aliphatic carbocycles. The Labute approximate surface area is 195 Å². The van der Waals surface area contributed by atoms with Gasteiger partial charge in [-0.3, -0.25) is 4.79 Å². The van der Waals surface area contributed by atoms with E-state index in [4.69, 9.17) is 9.47 Å². The molecule has 0 radical (unpaired) electrons. The maximum atomic E-state index is 13.4. The van der Waals surface area contributed by atoms with Crippen molar-refractivity contribution in [3.63, 3.8) is 0 Å². The third kappa shape index (κ3) is 4.54. The molecule has 0 aliphatic heterocycles. The number of benzene rings is 3. The third-order valence-corrected chi connectivity index (χ3v) is 6.62. The molecule has 7 heteroatoms. The second-order valence-electron chi connectivity index (χ2n) is 7.58. The molecule has 4 rings (SSSR count). The fraction of sp³-hybridized carbons (Fsp3) is 0.154. The monoisotopic (exact) mass is 461 g/mol. The number of rotatable bonds is 7. The number of carbonyl (C=O) groups excluding carboxylic acids is 1.